The first-order valence-electron chi connectivity index (χ1n) is 9.06. The normalized spacial score (nSPS) is 11.7. The fourth-order valence-electron chi connectivity index (χ4n) is 3.23. The molecule has 3 heterocycles. The predicted octanol–water partition coefficient (Wildman–Crippen LogP) is 4.81. The number of amides is 2. The lowest BCUT2D eigenvalue weighted by molar-refractivity contribution is -0.140. The Kier molecular flexibility index (Phi) is 5.86. The van der Waals surface area contributed by atoms with E-state index in [9.17, 15) is 27.2 Å². The number of rotatable bonds is 4. The number of benzene rings is 1. The van der Waals surface area contributed by atoms with Crippen molar-refractivity contribution in [2.75, 3.05) is 5.32 Å². The smallest absolute Gasteiger partial charge is 0.365 e. The molecule has 33 heavy (non-hydrogen) atoms. The van der Waals surface area contributed by atoms with E-state index in [1.807, 2.05) is 22.6 Å². The third kappa shape index (κ3) is 4.29. The van der Waals surface area contributed by atoms with Crippen LogP contribution in [-0.2, 0) is 13.2 Å². The molecule has 0 fully saturated rings. The number of nitrogens with zero attached hydrogens (tertiary/aromatic N) is 3. The number of hydrogen-bond acceptors (Lipinski definition) is 5. The Labute approximate surface area is 200 Å². The number of aromatic nitrogens is 3. The monoisotopic (exact) mass is 589 g/mol. The number of alkyl halides is 3. The average Bonchev–Trinajstić information content (AvgIpc) is 3.27. The number of nitrogens with two attached hydrogens (primary N) is 1. The summed E-state index contributed by atoms with van der Waals surface area (Å²) in [5, 5.41) is 6.66. The van der Waals surface area contributed by atoms with Gasteiger partial charge in [-0.25, -0.2) is 9.37 Å². The molecule has 7 nitrogen and oxygen atoms in total. The Morgan fingerprint density at radius 2 is 1.88 bits per heavy atom. The Morgan fingerprint density at radius 3 is 2.42 bits per heavy atom. The maximum Gasteiger partial charge on any atom is 0.433 e. The fraction of sp³-hybridized carbons (Fsp3) is 0.100. The van der Waals surface area contributed by atoms with E-state index >= 15 is 0 Å². The van der Waals surface area contributed by atoms with Crippen molar-refractivity contribution in [3.63, 3.8) is 0 Å². The molecule has 4 rings (SSSR count). The molecular formula is C20H12F4IN5O2S. The minimum atomic E-state index is -4.78. The summed E-state index contributed by atoms with van der Waals surface area (Å²) in [5.74, 6) is -2.18. The van der Waals surface area contributed by atoms with E-state index in [0.29, 0.717) is 14.9 Å². The molecule has 170 valence electrons. The molecule has 0 bridgehead atoms. The molecule has 0 aliphatic heterocycles. The van der Waals surface area contributed by atoms with Crippen LogP contribution in [0.3, 0.4) is 0 Å². The first kappa shape index (κ1) is 23.1. The Bertz CT molecular complexity index is 1390. The van der Waals surface area contributed by atoms with Crippen LogP contribution in [0, 0.1) is 9.39 Å². The predicted molar refractivity (Wildman–Crippen MR) is 122 cm³/mol. The van der Waals surface area contributed by atoms with E-state index in [0.717, 1.165) is 18.2 Å². The molecule has 0 aliphatic rings. The highest BCUT2D eigenvalue weighted by Gasteiger charge is 2.35. The molecule has 2 amide bonds. The topological polar surface area (TPSA) is 103 Å². The van der Waals surface area contributed by atoms with E-state index in [-0.39, 0.29) is 37.6 Å². The van der Waals surface area contributed by atoms with Crippen molar-refractivity contribution < 1.29 is 27.2 Å². The van der Waals surface area contributed by atoms with Gasteiger partial charge in [0.2, 0.25) is 0 Å². The highest BCUT2D eigenvalue weighted by Crippen LogP contribution is 2.43. The van der Waals surface area contributed by atoms with Gasteiger partial charge >= 0.3 is 6.18 Å². The molecule has 0 spiro atoms. The molecular weight excluding hydrogens is 577 g/mol. The molecule has 0 saturated heterocycles. The summed E-state index contributed by atoms with van der Waals surface area (Å²) in [6.45, 7) is 0. The number of aryl methyl sites for hydroxylation is 1. The second-order valence-corrected chi connectivity index (χ2v) is 8.99. The molecule has 4 aromatic rings. The summed E-state index contributed by atoms with van der Waals surface area (Å²) in [5.41, 5.74) is 4.60. The first-order chi connectivity index (χ1) is 15.5. The summed E-state index contributed by atoms with van der Waals surface area (Å²) in [4.78, 5) is 28.4. The summed E-state index contributed by atoms with van der Waals surface area (Å²) in [6, 6.07) is 5.55. The number of carbonyl (C=O) groups is 2. The first-order valence-corrected chi connectivity index (χ1v) is 11.0. The number of thiophene rings is 1. The van der Waals surface area contributed by atoms with Crippen LogP contribution in [0.2, 0.25) is 0 Å². The van der Waals surface area contributed by atoms with Gasteiger partial charge in [0.05, 0.1) is 15.5 Å². The quantitative estimate of drug-likeness (QED) is 0.264. The van der Waals surface area contributed by atoms with Crippen molar-refractivity contribution in [2.24, 2.45) is 12.8 Å². The van der Waals surface area contributed by atoms with Crippen molar-refractivity contribution in [1.82, 2.24) is 14.8 Å². The highest BCUT2D eigenvalue weighted by molar-refractivity contribution is 14.1. The summed E-state index contributed by atoms with van der Waals surface area (Å²) < 4.78 is 55.9. The number of halogens is 5. The van der Waals surface area contributed by atoms with E-state index in [1.165, 1.54) is 23.0 Å². The lowest BCUT2D eigenvalue weighted by Crippen LogP contribution is -2.20. The van der Waals surface area contributed by atoms with Crippen molar-refractivity contribution in [3.8, 4) is 11.1 Å². The largest absolute Gasteiger partial charge is 0.433 e. The number of hydrogen-bond donors (Lipinski definition) is 2. The van der Waals surface area contributed by atoms with Gasteiger partial charge in [-0.1, -0.05) is 12.1 Å². The van der Waals surface area contributed by atoms with Crippen LogP contribution in [0.4, 0.5) is 23.2 Å². The molecule has 13 heteroatoms. The van der Waals surface area contributed by atoms with E-state index in [2.05, 4.69) is 15.4 Å². The standard InChI is InChI=1S/C20H12F4IN5O2S/c1-30-15(11(25)7-27-30)18(32)29-14-13-10(8-2-4-9(21)5-3-8)6-12(20(22,23)24)28-19(13)33-16(14)17(26)31/h2-7H,1H3,(H2,26,31)(H,29,32). The van der Waals surface area contributed by atoms with Crippen LogP contribution in [-0.4, -0.2) is 26.6 Å². The zero-order chi connectivity index (χ0) is 24.1. The van der Waals surface area contributed by atoms with Gasteiger partial charge < -0.3 is 11.1 Å². The van der Waals surface area contributed by atoms with Crippen LogP contribution in [0.5, 0.6) is 0 Å². The lowest BCUT2D eigenvalue weighted by Gasteiger charge is -2.12. The molecule has 0 saturated carbocycles. The molecule has 0 radical (unpaired) electrons. The van der Waals surface area contributed by atoms with Crippen LogP contribution in [0.25, 0.3) is 21.3 Å². The summed E-state index contributed by atoms with van der Waals surface area (Å²) in [7, 11) is 1.54. The Hall–Kier alpha value is -3.07. The van der Waals surface area contributed by atoms with E-state index in [1.54, 1.807) is 7.05 Å². The molecule has 0 atom stereocenters. The van der Waals surface area contributed by atoms with E-state index < -0.39 is 29.5 Å². The third-order valence-electron chi connectivity index (χ3n) is 4.68. The van der Waals surface area contributed by atoms with Gasteiger partial charge in [0.15, 0.2) is 0 Å². The number of fused-ring (bicyclic) bond motifs is 1. The van der Waals surface area contributed by atoms with Crippen LogP contribution in [0.1, 0.15) is 25.9 Å². The molecule has 3 N–H and O–H groups in total. The SMILES string of the molecule is Cn1ncc(I)c1C(=O)Nc1c(C(N)=O)sc2nc(C(F)(F)F)cc(-c3ccc(F)cc3)c12. The van der Waals surface area contributed by atoms with Crippen molar-refractivity contribution in [2.45, 2.75) is 6.18 Å². The minimum absolute atomic E-state index is 0.00563. The van der Waals surface area contributed by atoms with Gasteiger partial charge in [-0.2, -0.15) is 18.3 Å². The number of primary amides is 1. The zero-order valence-corrected chi connectivity index (χ0v) is 19.5. The fourth-order valence-corrected chi connectivity index (χ4v) is 4.96. The van der Waals surface area contributed by atoms with Gasteiger partial charge in [-0.3, -0.25) is 14.3 Å². The molecule has 0 aliphatic carbocycles. The maximum absolute atomic E-state index is 13.5. The van der Waals surface area contributed by atoms with Gasteiger partial charge in [0.1, 0.15) is 26.9 Å². The minimum Gasteiger partial charge on any atom is -0.365 e. The van der Waals surface area contributed by atoms with E-state index in [4.69, 9.17) is 5.73 Å². The average molecular weight is 589 g/mol. The zero-order valence-electron chi connectivity index (χ0n) is 16.5. The van der Waals surface area contributed by atoms with Crippen molar-refractivity contribution in [1.29, 1.82) is 0 Å². The van der Waals surface area contributed by atoms with Gasteiger partial charge in [0, 0.05) is 12.4 Å². The maximum atomic E-state index is 13.5. The molecule has 3 aromatic heterocycles. The Morgan fingerprint density at radius 1 is 1.21 bits per heavy atom. The third-order valence-corrected chi connectivity index (χ3v) is 6.57. The van der Waals surface area contributed by atoms with Crippen LogP contribution < -0.4 is 11.1 Å². The van der Waals surface area contributed by atoms with Crippen LogP contribution >= 0.6 is 33.9 Å². The van der Waals surface area contributed by atoms with Gasteiger partial charge in [-0.05, 0) is 51.9 Å². The number of carbonyl (C=O) groups excluding carboxylic acids is 2. The lowest BCUT2D eigenvalue weighted by atomic mass is 10.0. The number of nitrogens with one attached hydrogen (secondary N) is 1. The summed E-state index contributed by atoms with van der Waals surface area (Å²) >= 11 is 2.53. The Balaban J connectivity index is 2.01. The van der Waals surface area contributed by atoms with Crippen molar-refractivity contribution >= 4 is 61.6 Å². The van der Waals surface area contributed by atoms with Gasteiger partial charge in [0.25, 0.3) is 11.8 Å². The number of pyridine rings is 1. The second kappa shape index (κ2) is 8.37. The molecule has 1 aromatic carbocycles. The van der Waals surface area contributed by atoms with Crippen molar-refractivity contribution in [3.05, 3.63) is 62.2 Å². The summed E-state index contributed by atoms with van der Waals surface area (Å²) in [6.07, 6.45) is -3.33. The van der Waals surface area contributed by atoms with Gasteiger partial charge in [-0.15, -0.1) is 11.3 Å². The molecule has 0 unspecified atom stereocenters. The second-order valence-electron chi connectivity index (χ2n) is 6.83. The van der Waals surface area contributed by atoms with Crippen LogP contribution in [0.15, 0.2) is 36.5 Å². The highest BCUT2D eigenvalue weighted by atomic mass is 127. The number of anilines is 1.